The van der Waals surface area contributed by atoms with Gasteiger partial charge in [-0.05, 0) is 24.1 Å². The molecule has 3 nitrogen and oxygen atoms in total. The standard InChI is InChI=1S/C10H11F3N2O/c1-2-7-3-5-8(6-4-7)14-9(16)15-10(11,12)13/h3-6H,2H2,1H3,(H2,14,15,16). The molecule has 2 N–H and O–H groups in total. The lowest BCUT2D eigenvalue weighted by molar-refractivity contribution is -0.144. The minimum absolute atomic E-state index is 0.318. The zero-order chi connectivity index (χ0) is 12.2. The number of halogens is 3. The molecule has 0 heterocycles. The van der Waals surface area contributed by atoms with Gasteiger partial charge in [0.15, 0.2) is 0 Å². The second kappa shape index (κ2) is 4.87. The first kappa shape index (κ1) is 12.4. The van der Waals surface area contributed by atoms with E-state index < -0.39 is 12.3 Å². The van der Waals surface area contributed by atoms with E-state index in [9.17, 15) is 18.0 Å². The number of hydrogen-bond donors (Lipinski definition) is 2. The molecule has 0 unspecified atom stereocenters. The van der Waals surface area contributed by atoms with Crippen LogP contribution < -0.4 is 10.6 Å². The summed E-state index contributed by atoms with van der Waals surface area (Å²) in [6.45, 7) is 1.96. The number of carbonyl (C=O) groups is 1. The summed E-state index contributed by atoms with van der Waals surface area (Å²) in [5, 5.41) is 2.93. The molecule has 0 saturated carbocycles. The van der Waals surface area contributed by atoms with Crippen molar-refractivity contribution in [3.63, 3.8) is 0 Å². The van der Waals surface area contributed by atoms with Crippen LogP contribution in [0.25, 0.3) is 0 Å². The van der Waals surface area contributed by atoms with Gasteiger partial charge in [0.2, 0.25) is 0 Å². The predicted molar refractivity (Wildman–Crippen MR) is 54.0 cm³/mol. The molecular formula is C10H11F3N2O. The molecule has 0 saturated heterocycles. The molecule has 1 aromatic carbocycles. The predicted octanol–water partition coefficient (Wildman–Crippen LogP) is 2.89. The van der Waals surface area contributed by atoms with Crippen molar-refractivity contribution in [2.45, 2.75) is 19.6 Å². The molecule has 2 amide bonds. The molecule has 0 bridgehead atoms. The van der Waals surface area contributed by atoms with Crippen LogP contribution in [0.4, 0.5) is 23.7 Å². The zero-order valence-electron chi connectivity index (χ0n) is 8.56. The van der Waals surface area contributed by atoms with Crippen LogP contribution in [0.3, 0.4) is 0 Å². The fraction of sp³-hybridized carbons (Fsp3) is 0.300. The van der Waals surface area contributed by atoms with Gasteiger partial charge in [-0.1, -0.05) is 19.1 Å². The Kier molecular flexibility index (Phi) is 3.76. The number of rotatable bonds is 2. The Morgan fingerprint density at radius 1 is 1.25 bits per heavy atom. The summed E-state index contributed by atoms with van der Waals surface area (Å²) < 4.78 is 35.3. The van der Waals surface area contributed by atoms with E-state index in [4.69, 9.17) is 0 Å². The number of hydrogen-bond acceptors (Lipinski definition) is 1. The largest absolute Gasteiger partial charge is 0.485 e. The Morgan fingerprint density at radius 3 is 2.25 bits per heavy atom. The summed E-state index contributed by atoms with van der Waals surface area (Å²) in [7, 11) is 0. The van der Waals surface area contributed by atoms with Gasteiger partial charge in [-0.25, -0.2) is 10.1 Å². The lowest BCUT2D eigenvalue weighted by atomic mass is 10.1. The third kappa shape index (κ3) is 4.20. The Balaban J connectivity index is 2.56. The van der Waals surface area contributed by atoms with E-state index in [2.05, 4.69) is 5.32 Å². The lowest BCUT2D eigenvalue weighted by Crippen LogP contribution is -2.40. The number of alkyl halides is 3. The molecule has 0 aliphatic carbocycles. The van der Waals surface area contributed by atoms with Crippen LogP contribution in [0.15, 0.2) is 24.3 Å². The van der Waals surface area contributed by atoms with E-state index in [0.29, 0.717) is 5.69 Å². The summed E-state index contributed by atoms with van der Waals surface area (Å²) in [6, 6.07) is 5.28. The van der Waals surface area contributed by atoms with Crippen LogP contribution in [0.5, 0.6) is 0 Å². The van der Waals surface area contributed by atoms with E-state index in [1.54, 1.807) is 24.3 Å². The van der Waals surface area contributed by atoms with E-state index in [1.165, 1.54) is 0 Å². The van der Waals surface area contributed by atoms with Crippen LogP contribution in [0, 0.1) is 0 Å². The van der Waals surface area contributed by atoms with Crippen molar-refractivity contribution in [3.05, 3.63) is 29.8 Å². The molecule has 16 heavy (non-hydrogen) atoms. The SMILES string of the molecule is CCc1ccc(NC(=O)NC(F)(F)F)cc1. The van der Waals surface area contributed by atoms with E-state index in [0.717, 1.165) is 17.3 Å². The van der Waals surface area contributed by atoms with Crippen LogP contribution in [0.1, 0.15) is 12.5 Å². The minimum atomic E-state index is -4.71. The van der Waals surface area contributed by atoms with E-state index in [1.807, 2.05) is 6.92 Å². The Hall–Kier alpha value is -1.72. The summed E-state index contributed by atoms with van der Waals surface area (Å²) in [6.07, 6.45) is -3.89. The summed E-state index contributed by atoms with van der Waals surface area (Å²) >= 11 is 0. The number of amides is 2. The smallest absolute Gasteiger partial charge is 0.308 e. The van der Waals surface area contributed by atoms with Gasteiger partial charge in [-0.3, -0.25) is 0 Å². The molecule has 0 fully saturated rings. The number of benzene rings is 1. The molecule has 6 heteroatoms. The van der Waals surface area contributed by atoms with Gasteiger partial charge in [0, 0.05) is 5.69 Å². The highest BCUT2D eigenvalue weighted by Crippen LogP contribution is 2.12. The first-order chi connectivity index (χ1) is 7.40. The molecule has 0 atom stereocenters. The highest BCUT2D eigenvalue weighted by Gasteiger charge is 2.29. The van der Waals surface area contributed by atoms with Crippen LogP contribution in [0.2, 0.25) is 0 Å². The van der Waals surface area contributed by atoms with Gasteiger partial charge in [0.25, 0.3) is 0 Å². The Bertz CT molecular complexity index is 359. The van der Waals surface area contributed by atoms with Crippen LogP contribution >= 0.6 is 0 Å². The number of aryl methyl sites for hydroxylation is 1. The topological polar surface area (TPSA) is 41.1 Å². The zero-order valence-corrected chi connectivity index (χ0v) is 8.56. The van der Waals surface area contributed by atoms with Crippen molar-refractivity contribution in [1.29, 1.82) is 0 Å². The average Bonchev–Trinajstić information content (AvgIpc) is 2.16. The molecule has 88 valence electrons. The summed E-state index contributed by atoms with van der Waals surface area (Å²) in [5.74, 6) is 0. The van der Waals surface area contributed by atoms with Crippen molar-refractivity contribution in [2.24, 2.45) is 0 Å². The number of urea groups is 1. The third-order valence-electron chi connectivity index (χ3n) is 1.88. The highest BCUT2D eigenvalue weighted by atomic mass is 19.4. The van der Waals surface area contributed by atoms with Crippen molar-refractivity contribution >= 4 is 11.7 Å². The fourth-order valence-electron chi connectivity index (χ4n) is 1.11. The maximum absolute atomic E-state index is 11.8. The van der Waals surface area contributed by atoms with Crippen LogP contribution in [-0.4, -0.2) is 12.3 Å². The second-order valence-electron chi connectivity index (χ2n) is 3.13. The average molecular weight is 232 g/mol. The molecule has 0 spiro atoms. The van der Waals surface area contributed by atoms with Crippen LogP contribution in [-0.2, 0) is 6.42 Å². The molecular weight excluding hydrogens is 221 g/mol. The molecule has 0 radical (unpaired) electrons. The monoisotopic (exact) mass is 232 g/mol. The normalized spacial score (nSPS) is 11.0. The minimum Gasteiger partial charge on any atom is -0.308 e. The van der Waals surface area contributed by atoms with E-state index in [-0.39, 0.29) is 0 Å². The quantitative estimate of drug-likeness (QED) is 0.756. The second-order valence-corrected chi connectivity index (χ2v) is 3.13. The molecule has 1 aromatic rings. The van der Waals surface area contributed by atoms with Gasteiger partial charge in [0.05, 0.1) is 0 Å². The molecule has 0 aliphatic heterocycles. The van der Waals surface area contributed by atoms with Crippen molar-refractivity contribution in [1.82, 2.24) is 5.32 Å². The summed E-state index contributed by atoms with van der Waals surface area (Å²) in [4.78, 5) is 10.8. The van der Waals surface area contributed by atoms with Crippen molar-refractivity contribution in [2.75, 3.05) is 5.32 Å². The molecule has 1 rings (SSSR count). The number of anilines is 1. The fourth-order valence-corrected chi connectivity index (χ4v) is 1.11. The van der Waals surface area contributed by atoms with Gasteiger partial charge in [-0.2, -0.15) is 13.2 Å². The van der Waals surface area contributed by atoms with Gasteiger partial charge < -0.3 is 5.32 Å². The lowest BCUT2D eigenvalue weighted by Gasteiger charge is -2.10. The van der Waals surface area contributed by atoms with Gasteiger partial charge in [0.1, 0.15) is 0 Å². The van der Waals surface area contributed by atoms with Gasteiger partial charge >= 0.3 is 12.3 Å². The maximum atomic E-state index is 11.8. The molecule has 0 aromatic heterocycles. The maximum Gasteiger partial charge on any atom is 0.485 e. The highest BCUT2D eigenvalue weighted by molar-refractivity contribution is 5.89. The van der Waals surface area contributed by atoms with Crippen molar-refractivity contribution < 1.29 is 18.0 Å². The van der Waals surface area contributed by atoms with Gasteiger partial charge in [-0.15, -0.1) is 0 Å². The first-order valence-corrected chi connectivity index (χ1v) is 4.65. The first-order valence-electron chi connectivity index (χ1n) is 4.65. The number of carbonyl (C=O) groups excluding carboxylic acids is 1. The summed E-state index contributed by atoms with van der Waals surface area (Å²) in [5.41, 5.74) is 1.36. The number of nitrogens with one attached hydrogen (secondary N) is 2. The van der Waals surface area contributed by atoms with E-state index >= 15 is 0 Å². The van der Waals surface area contributed by atoms with Crippen molar-refractivity contribution in [3.8, 4) is 0 Å². The Labute approximate surface area is 90.6 Å². The Morgan fingerprint density at radius 2 is 1.81 bits per heavy atom. The third-order valence-corrected chi connectivity index (χ3v) is 1.88. The molecule has 0 aliphatic rings.